The van der Waals surface area contributed by atoms with Crippen LogP contribution in [-0.4, -0.2) is 21.3 Å². The lowest BCUT2D eigenvalue weighted by Gasteiger charge is -2.24. The van der Waals surface area contributed by atoms with Crippen molar-refractivity contribution in [2.24, 2.45) is 7.05 Å². The van der Waals surface area contributed by atoms with Gasteiger partial charge in [0.2, 0.25) is 0 Å². The topological polar surface area (TPSA) is 83.8 Å². The van der Waals surface area contributed by atoms with Crippen molar-refractivity contribution < 1.29 is 0 Å². The number of rotatable bonds is 6. The SMILES string of the molecule is CCc1nn(C)c(N(CCC#N)Cc2cccnc2)c1N. The average Bonchev–Trinajstić information content (AvgIpc) is 2.79. The van der Waals surface area contributed by atoms with Crippen molar-refractivity contribution in [3.8, 4) is 6.07 Å². The molecule has 0 unspecified atom stereocenters. The molecule has 0 fully saturated rings. The zero-order valence-corrected chi connectivity index (χ0v) is 12.5. The van der Waals surface area contributed by atoms with Gasteiger partial charge in [-0.15, -0.1) is 0 Å². The Bertz CT molecular complexity index is 626. The van der Waals surface area contributed by atoms with Gasteiger partial charge in [0.05, 0.1) is 23.9 Å². The molecule has 0 radical (unpaired) electrons. The molecule has 21 heavy (non-hydrogen) atoms. The molecule has 0 aliphatic carbocycles. The fourth-order valence-electron chi connectivity index (χ4n) is 2.38. The van der Waals surface area contributed by atoms with Crippen LogP contribution in [0, 0.1) is 11.3 Å². The van der Waals surface area contributed by atoms with E-state index in [2.05, 4.69) is 21.1 Å². The maximum Gasteiger partial charge on any atom is 0.150 e. The Hall–Kier alpha value is -2.55. The van der Waals surface area contributed by atoms with E-state index < -0.39 is 0 Å². The molecule has 2 heterocycles. The van der Waals surface area contributed by atoms with Gasteiger partial charge in [-0.25, -0.2) is 0 Å². The van der Waals surface area contributed by atoms with Crippen LogP contribution in [0.25, 0.3) is 0 Å². The summed E-state index contributed by atoms with van der Waals surface area (Å²) in [7, 11) is 1.88. The second kappa shape index (κ2) is 6.75. The number of nitrogens with two attached hydrogens (primary N) is 1. The highest BCUT2D eigenvalue weighted by Crippen LogP contribution is 2.27. The quantitative estimate of drug-likeness (QED) is 0.875. The molecule has 0 aromatic carbocycles. The van der Waals surface area contributed by atoms with E-state index in [4.69, 9.17) is 11.0 Å². The summed E-state index contributed by atoms with van der Waals surface area (Å²) in [5.74, 6) is 0.867. The maximum atomic E-state index is 8.88. The molecule has 2 aromatic heterocycles. The van der Waals surface area contributed by atoms with Crippen molar-refractivity contribution in [1.82, 2.24) is 14.8 Å². The minimum atomic E-state index is 0.437. The van der Waals surface area contributed by atoms with E-state index in [9.17, 15) is 0 Å². The van der Waals surface area contributed by atoms with Crippen LogP contribution in [0.2, 0.25) is 0 Å². The number of nitrogen functional groups attached to an aromatic ring is 1. The van der Waals surface area contributed by atoms with E-state index >= 15 is 0 Å². The number of aromatic nitrogens is 3. The zero-order chi connectivity index (χ0) is 15.2. The van der Waals surface area contributed by atoms with E-state index in [0.717, 1.165) is 23.5 Å². The summed E-state index contributed by atoms with van der Waals surface area (Å²) < 4.78 is 1.79. The van der Waals surface area contributed by atoms with E-state index in [-0.39, 0.29) is 0 Å². The van der Waals surface area contributed by atoms with Gasteiger partial charge in [-0.2, -0.15) is 10.4 Å². The third-order valence-electron chi connectivity index (χ3n) is 3.35. The lowest BCUT2D eigenvalue weighted by molar-refractivity contribution is 0.692. The summed E-state index contributed by atoms with van der Waals surface area (Å²) in [6.45, 7) is 3.30. The molecule has 0 saturated carbocycles. The highest BCUT2D eigenvalue weighted by atomic mass is 15.4. The van der Waals surface area contributed by atoms with Crippen molar-refractivity contribution >= 4 is 11.5 Å². The Balaban J connectivity index is 2.32. The summed E-state index contributed by atoms with van der Waals surface area (Å²) in [5.41, 5.74) is 8.88. The number of pyridine rings is 1. The van der Waals surface area contributed by atoms with Crippen molar-refractivity contribution in [2.75, 3.05) is 17.2 Å². The van der Waals surface area contributed by atoms with Crippen LogP contribution in [0.15, 0.2) is 24.5 Å². The highest BCUT2D eigenvalue weighted by Gasteiger charge is 2.18. The number of nitriles is 1. The third-order valence-corrected chi connectivity index (χ3v) is 3.35. The van der Waals surface area contributed by atoms with Crippen molar-refractivity contribution in [3.05, 3.63) is 35.8 Å². The van der Waals surface area contributed by atoms with Gasteiger partial charge in [0.25, 0.3) is 0 Å². The lowest BCUT2D eigenvalue weighted by atomic mass is 10.2. The third kappa shape index (κ3) is 3.31. The predicted molar refractivity (Wildman–Crippen MR) is 82.5 cm³/mol. The van der Waals surface area contributed by atoms with E-state index in [1.165, 1.54) is 0 Å². The Morgan fingerprint density at radius 1 is 1.48 bits per heavy atom. The summed E-state index contributed by atoms with van der Waals surface area (Å²) >= 11 is 0. The van der Waals surface area contributed by atoms with Crippen LogP contribution < -0.4 is 10.6 Å². The second-order valence-corrected chi connectivity index (χ2v) is 4.85. The molecule has 2 N–H and O–H groups in total. The van der Waals surface area contributed by atoms with Crippen LogP contribution >= 0.6 is 0 Å². The average molecular weight is 284 g/mol. The molecule has 0 aliphatic heterocycles. The molecule has 0 saturated heterocycles. The summed E-state index contributed by atoms with van der Waals surface area (Å²) in [4.78, 5) is 6.22. The van der Waals surface area contributed by atoms with E-state index in [0.29, 0.717) is 25.2 Å². The van der Waals surface area contributed by atoms with Gasteiger partial charge in [-0.05, 0) is 18.1 Å². The largest absolute Gasteiger partial charge is 0.394 e. The van der Waals surface area contributed by atoms with Gasteiger partial charge < -0.3 is 10.6 Å². The van der Waals surface area contributed by atoms with E-state index in [1.807, 2.05) is 32.3 Å². The molecule has 2 aromatic rings. The molecule has 0 spiro atoms. The Labute approximate surface area is 124 Å². The van der Waals surface area contributed by atoms with Crippen LogP contribution in [0.1, 0.15) is 24.6 Å². The minimum Gasteiger partial charge on any atom is -0.394 e. The molecular weight excluding hydrogens is 264 g/mol. The summed E-state index contributed by atoms with van der Waals surface area (Å²) in [6, 6.07) is 6.10. The molecule has 0 bridgehead atoms. The van der Waals surface area contributed by atoms with Gasteiger partial charge in [0.1, 0.15) is 0 Å². The van der Waals surface area contributed by atoms with Gasteiger partial charge in [0.15, 0.2) is 5.82 Å². The van der Waals surface area contributed by atoms with Crippen LogP contribution in [0.4, 0.5) is 11.5 Å². The first kappa shape index (κ1) is 14.9. The first-order valence-electron chi connectivity index (χ1n) is 6.99. The molecule has 0 amide bonds. The van der Waals surface area contributed by atoms with Gasteiger partial charge in [0, 0.05) is 32.5 Å². The van der Waals surface area contributed by atoms with Crippen molar-refractivity contribution in [2.45, 2.75) is 26.3 Å². The molecule has 0 atom stereocenters. The fraction of sp³-hybridized carbons (Fsp3) is 0.400. The monoisotopic (exact) mass is 284 g/mol. The van der Waals surface area contributed by atoms with Crippen LogP contribution in [0.3, 0.4) is 0 Å². The van der Waals surface area contributed by atoms with Crippen molar-refractivity contribution in [1.29, 1.82) is 5.26 Å². The first-order chi connectivity index (χ1) is 10.2. The fourth-order valence-corrected chi connectivity index (χ4v) is 2.38. The van der Waals surface area contributed by atoms with Crippen LogP contribution in [0.5, 0.6) is 0 Å². The minimum absolute atomic E-state index is 0.437. The number of nitrogens with zero attached hydrogens (tertiary/aromatic N) is 5. The van der Waals surface area contributed by atoms with E-state index in [1.54, 1.807) is 10.9 Å². The second-order valence-electron chi connectivity index (χ2n) is 4.85. The lowest BCUT2D eigenvalue weighted by Crippen LogP contribution is -2.26. The molecule has 0 aliphatic rings. The van der Waals surface area contributed by atoms with Crippen molar-refractivity contribution in [3.63, 3.8) is 0 Å². The summed E-state index contributed by atoms with van der Waals surface area (Å²) in [6.07, 6.45) is 4.80. The van der Waals surface area contributed by atoms with Crippen LogP contribution in [-0.2, 0) is 20.0 Å². The predicted octanol–water partition coefficient (Wildman–Crippen LogP) is 1.88. The zero-order valence-electron chi connectivity index (χ0n) is 12.5. The molecule has 110 valence electrons. The molecule has 6 heteroatoms. The Kier molecular flexibility index (Phi) is 4.77. The maximum absolute atomic E-state index is 8.88. The van der Waals surface area contributed by atoms with Gasteiger partial charge in [-0.1, -0.05) is 13.0 Å². The first-order valence-corrected chi connectivity index (χ1v) is 6.99. The molecule has 6 nitrogen and oxygen atoms in total. The van der Waals surface area contributed by atoms with Gasteiger partial charge >= 0.3 is 0 Å². The normalized spacial score (nSPS) is 10.3. The highest BCUT2D eigenvalue weighted by molar-refractivity contribution is 5.66. The number of anilines is 2. The molecular formula is C15H20N6. The van der Waals surface area contributed by atoms with Gasteiger partial charge in [-0.3, -0.25) is 9.67 Å². The Morgan fingerprint density at radius 3 is 2.86 bits per heavy atom. The number of hydrogen-bond donors (Lipinski definition) is 1. The summed E-state index contributed by atoms with van der Waals surface area (Å²) in [5, 5.41) is 13.3. The molecule has 2 rings (SSSR count). The Morgan fingerprint density at radius 2 is 2.29 bits per heavy atom. The smallest absolute Gasteiger partial charge is 0.150 e. The number of aryl methyl sites for hydroxylation is 2. The number of hydrogen-bond acceptors (Lipinski definition) is 5. The standard InChI is InChI=1S/C15H20N6/c1-3-13-14(17)15(20(2)19-13)21(9-5-7-16)11-12-6-4-8-18-10-12/h4,6,8,10H,3,5,9,11,17H2,1-2H3.